The van der Waals surface area contributed by atoms with Crippen molar-refractivity contribution in [2.45, 2.75) is 31.7 Å². The summed E-state index contributed by atoms with van der Waals surface area (Å²) in [6, 6.07) is 0.456. The van der Waals surface area contributed by atoms with Crippen LogP contribution in [0.5, 0.6) is 0 Å². The lowest BCUT2D eigenvalue weighted by atomic mass is 9.94. The first kappa shape index (κ1) is 20.9. The molecule has 0 saturated carbocycles. The van der Waals surface area contributed by atoms with Crippen LogP contribution in [0, 0.1) is 5.92 Å². The van der Waals surface area contributed by atoms with Gasteiger partial charge in [-0.05, 0) is 32.7 Å². The van der Waals surface area contributed by atoms with Crippen LogP contribution in [0.1, 0.15) is 25.7 Å². The number of nitrogens with one attached hydrogen (secondary N) is 1. The van der Waals surface area contributed by atoms with Crippen molar-refractivity contribution < 1.29 is 4.79 Å². The maximum absolute atomic E-state index is 12.7. The highest BCUT2D eigenvalue weighted by atomic mass is 35.5. The number of likely N-dealkylation sites (N-methyl/N-ethyl adjacent to an activating group) is 1. The number of hydrogen-bond donors (Lipinski definition) is 1. The number of aromatic nitrogens is 2. The minimum atomic E-state index is 0. The van der Waals surface area contributed by atoms with Gasteiger partial charge >= 0.3 is 0 Å². The second kappa shape index (κ2) is 10.0. The zero-order chi connectivity index (χ0) is 15.4. The van der Waals surface area contributed by atoms with Gasteiger partial charge in [0, 0.05) is 50.5 Å². The van der Waals surface area contributed by atoms with E-state index in [0.717, 1.165) is 51.3 Å². The summed E-state index contributed by atoms with van der Waals surface area (Å²) in [6.45, 7) is 3.55. The monoisotopic (exact) mass is 375 g/mol. The average molecular weight is 376 g/mol. The van der Waals surface area contributed by atoms with Gasteiger partial charge in [-0.25, -0.2) is 4.98 Å². The lowest BCUT2D eigenvalue weighted by molar-refractivity contribution is -0.137. The van der Waals surface area contributed by atoms with E-state index in [1.165, 1.54) is 6.42 Å². The van der Waals surface area contributed by atoms with E-state index in [1.54, 1.807) is 18.6 Å². The van der Waals surface area contributed by atoms with Crippen molar-refractivity contribution in [2.24, 2.45) is 5.92 Å². The standard InChI is InChI=1S/C16H25N5O.2ClH/c1-17-14-3-2-8-21(12-14)16(22)13-4-9-20(10-5-13)15-11-18-6-7-19-15;;/h6-7,11,13-14,17H,2-5,8-10,12H2,1H3;2*1H. The molecule has 3 rings (SSSR count). The lowest BCUT2D eigenvalue weighted by Gasteiger charge is -2.38. The Labute approximate surface area is 156 Å². The number of rotatable bonds is 3. The first-order valence-corrected chi connectivity index (χ1v) is 8.25. The number of carbonyl (C=O) groups is 1. The summed E-state index contributed by atoms with van der Waals surface area (Å²) in [7, 11) is 1.98. The number of amides is 1. The van der Waals surface area contributed by atoms with Crippen molar-refractivity contribution in [1.82, 2.24) is 20.2 Å². The molecule has 0 radical (unpaired) electrons. The maximum atomic E-state index is 12.7. The molecule has 136 valence electrons. The zero-order valence-corrected chi connectivity index (χ0v) is 15.7. The lowest BCUT2D eigenvalue weighted by Crippen LogP contribution is -2.50. The molecule has 1 aromatic rings. The molecule has 1 atom stereocenters. The second-order valence-electron chi connectivity index (χ2n) is 6.24. The van der Waals surface area contributed by atoms with E-state index in [9.17, 15) is 4.79 Å². The van der Waals surface area contributed by atoms with Gasteiger partial charge in [0.1, 0.15) is 5.82 Å². The van der Waals surface area contributed by atoms with Crippen molar-refractivity contribution in [3.05, 3.63) is 18.6 Å². The Kier molecular flexibility index (Phi) is 8.73. The van der Waals surface area contributed by atoms with Crippen LogP contribution < -0.4 is 10.2 Å². The summed E-state index contributed by atoms with van der Waals surface area (Å²) in [5, 5.41) is 3.30. The summed E-state index contributed by atoms with van der Waals surface area (Å²) < 4.78 is 0. The van der Waals surface area contributed by atoms with E-state index in [1.807, 2.05) is 7.05 Å². The molecular weight excluding hydrogens is 349 g/mol. The van der Waals surface area contributed by atoms with Gasteiger partial charge in [0.25, 0.3) is 0 Å². The van der Waals surface area contributed by atoms with Gasteiger partial charge in [-0.3, -0.25) is 9.78 Å². The van der Waals surface area contributed by atoms with E-state index in [2.05, 4.69) is 25.1 Å². The Balaban J connectivity index is 0.00000144. The number of nitrogens with zero attached hydrogens (tertiary/aromatic N) is 4. The first-order chi connectivity index (χ1) is 10.8. The normalized spacial score (nSPS) is 21.6. The van der Waals surface area contributed by atoms with Crippen molar-refractivity contribution in [2.75, 3.05) is 38.1 Å². The maximum Gasteiger partial charge on any atom is 0.225 e. The predicted octanol–water partition coefficient (Wildman–Crippen LogP) is 1.75. The highest BCUT2D eigenvalue weighted by molar-refractivity contribution is 5.85. The molecule has 6 nitrogen and oxygen atoms in total. The van der Waals surface area contributed by atoms with Crippen LogP contribution in [0.4, 0.5) is 5.82 Å². The molecule has 0 spiro atoms. The second-order valence-corrected chi connectivity index (χ2v) is 6.24. The fourth-order valence-electron chi connectivity index (χ4n) is 3.48. The van der Waals surface area contributed by atoms with Gasteiger partial charge in [0.2, 0.25) is 5.91 Å². The Morgan fingerprint density at radius 2 is 1.92 bits per heavy atom. The Morgan fingerprint density at radius 3 is 2.54 bits per heavy atom. The van der Waals surface area contributed by atoms with Gasteiger partial charge in [-0.2, -0.15) is 0 Å². The molecule has 24 heavy (non-hydrogen) atoms. The molecule has 1 aromatic heterocycles. The van der Waals surface area contributed by atoms with Crippen LogP contribution in [0.2, 0.25) is 0 Å². The van der Waals surface area contributed by atoms with Gasteiger partial charge in [-0.1, -0.05) is 0 Å². The van der Waals surface area contributed by atoms with Crippen LogP contribution >= 0.6 is 24.8 Å². The molecule has 3 heterocycles. The third-order valence-corrected chi connectivity index (χ3v) is 4.86. The fourth-order valence-corrected chi connectivity index (χ4v) is 3.48. The summed E-state index contributed by atoms with van der Waals surface area (Å²) in [5.74, 6) is 1.43. The number of carbonyl (C=O) groups excluding carboxylic acids is 1. The topological polar surface area (TPSA) is 61.4 Å². The van der Waals surface area contributed by atoms with E-state index >= 15 is 0 Å². The number of halogens is 2. The molecule has 0 aromatic carbocycles. The van der Waals surface area contributed by atoms with Crippen LogP contribution in [0.25, 0.3) is 0 Å². The first-order valence-electron chi connectivity index (χ1n) is 8.25. The third kappa shape index (κ3) is 4.94. The summed E-state index contributed by atoms with van der Waals surface area (Å²) in [6.07, 6.45) is 9.31. The third-order valence-electron chi connectivity index (χ3n) is 4.86. The molecule has 1 amide bonds. The molecule has 2 aliphatic rings. The van der Waals surface area contributed by atoms with Gasteiger partial charge in [0.05, 0.1) is 6.20 Å². The summed E-state index contributed by atoms with van der Waals surface area (Å²) >= 11 is 0. The Hall–Kier alpha value is -1.11. The van der Waals surface area contributed by atoms with Crippen molar-refractivity contribution in [3.63, 3.8) is 0 Å². The molecule has 2 saturated heterocycles. The van der Waals surface area contributed by atoms with Gasteiger partial charge in [0.15, 0.2) is 0 Å². The smallest absolute Gasteiger partial charge is 0.225 e. The van der Waals surface area contributed by atoms with Gasteiger partial charge < -0.3 is 15.1 Å². The molecular formula is C16H27Cl2N5O. The van der Waals surface area contributed by atoms with Crippen LogP contribution in [0.3, 0.4) is 0 Å². The van der Waals surface area contributed by atoms with E-state index in [4.69, 9.17) is 0 Å². The predicted molar refractivity (Wildman–Crippen MR) is 100 cm³/mol. The van der Waals surface area contributed by atoms with E-state index < -0.39 is 0 Å². The van der Waals surface area contributed by atoms with Crippen molar-refractivity contribution >= 4 is 36.5 Å². The number of likely N-dealkylation sites (tertiary alicyclic amines) is 1. The Bertz CT molecular complexity index is 497. The molecule has 0 bridgehead atoms. The molecule has 2 aliphatic heterocycles. The minimum Gasteiger partial charge on any atom is -0.355 e. The number of piperidine rings is 2. The van der Waals surface area contributed by atoms with Crippen LogP contribution in [-0.2, 0) is 4.79 Å². The minimum absolute atomic E-state index is 0. The van der Waals surface area contributed by atoms with E-state index in [-0.39, 0.29) is 30.7 Å². The number of anilines is 1. The van der Waals surface area contributed by atoms with E-state index in [0.29, 0.717) is 11.9 Å². The molecule has 8 heteroatoms. The zero-order valence-electron chi connectivity index (χ0n) is 14.1. The molecule has 1 N–H and O–H groups in total. The summed E-state index contributed by atoms with van der Waals surface area (Å²) in [4.78, 5) is 25.5. The van der Waals surface area contributed by atoms with Crippen molar-refractivity contribution in [3.8, 4) is 0 Å². The highest BCUT2D eigenvalue weighted by Gasteiger charge is 2.31. The largest absolute Gasteiger partial charge is 0.355 e. The van der Waals surface area contributed by atoms with Crippen LogP contribution in [-0.4, -0.2) is 60.0 Å². The SMILES string of the molecule is CNC1CCCN(C(=O)C2CCN(c3cnccn3)CC2)C1.Cl.Cl. The quantitative estimate of drug-likeness (QED) is 0.871. The molecule has 2 fully saturated rings. The Morgan fingerprint density at radius 1 is 1.17 bits per heavy atom. The highest BCUT2D eigenvalue weighted by Crippen LogP contribution is 2.24. The average Bonchev–Trinajstić information content (AvgIpc) is 2.62. The number of hydrogen-bond acceptors (Lipinski definition) is 5. The van der Waals surface area contributed by atoms with Crippen molar-refractivity contribution in [1.29, 1.82) is 0 Å². The van der Waals surface area contributed by atoms with Crippen LogP contribution in [0.15, 0.2) is 18.6 Å². The molecule has 1 unspecified atom stereocenters. The molecule has 0 aliphatic carbocycles. The summed E-state index contributed by atoms with van der Waals surface area (Å²) in [5.41, 5.74) is 0. The van der Waals surface area contributed by atoms with Gasteiger partial charge in [-0.15, -0.1) is 24.8 Å². The fraction of sp³-hybridized carbons (Fsp3) is 0.688.